The van der Waals surface area contributed by atoms with Crippen molar-refractivity contribution in [2.75, 3.05) is 21.3 Å². The van der Waals surface area contributed by atoms with Gasteiger partial charge in [-0.2, -0.15) is 0 Å². The predicted octanol–water partition coefficient (Wildman–Crippen LogP) is 0.895. The lowest BCUT2D eigenvalue weighted by molar-refractivity contribution is -0.131. The molecule has 0 spiro atoms. The molecule has 5 nitrogen and oxygen atoms in total. The minimum absolute atomic E-state index is 0.196. The molecule has 1 N–H and O–H groups in total. The highest BCUT2D eigenvalue weighted by Crippen LogP contribution is 2.24. The number of carboxylic acid groups (broad SMARTS) is 1. The van der Waals surface area contributed by atoms with Gasteiger partial charge in [-0.05, 0) is 0 Å². The SMILES string of the molecule is CO[Si](OC)(OC)C(C)/C=C/C(=O)O. The third-order valence-corrected chi connectivity index (χ3v) is 4.95. The highest BCUT2D eigenvalue weighted by Gasteiger charge is 2.43. The maximum absolute atomic E-state index is 10.3. The van der Waals surface area contributed by atoms with E-state index in [2.05, 4.69) is 0 Å². The summed E-state index contributed by atoms with van der Waals surface area (Å²) in [5.41, 5.74) is -0.196. The zero-order valence-corrected chi connectivity index (χ0v) is 9.81. The Labute approximate surface area is 84.7 Å². The van der Waals surface area contributed by atoms with Gasteiger partial charge in [0.15, 0.2) is 0 Å². The summed E-state index contributed by atoms with van der Waals surface area (Å²) >= 11 is 0. The zero-order valence-electron chi connectivity index (χ0n) is 8.81. The van der Waals surface area contributed by atoms with Crippen molar-refractivity contribution in [1.29, 1.82) is 0 Å². The average molecular weight is 220 g/mol. The normalized spacial score (nSPS) is 14.6. The Balaban J connectivity index is 4.59. The summed E-state index contributed by atoms with van der Waals surface area (Å²) in [5, 5.41) is 8.45. The van der Waals surface area contributed by atoms with Crippen molar-refractivity contribution in [3.05, 3.63) is 12.2 Å². The first-order valence-corrected chi connectivity index (χ1v) is 5.89. The Morgan fingerprint density at radius 3 is 2.00 bits per heavy atom. The van der Waals surface area contributed by atoms with Gasteiger partial charge in [0.25, 0.3) is 0 Å². The van der Waals surface area contributed by atoms with Crippen molar-refractivity contribution in [3.63, 3.8) is 0 Å². The monoisotopic (exact) mass is 220 g/mol. The molecule has 1 unspecified atom stereocenters. The van der Waals surface area contributed by atoms with Crippen LogP contribution in [0.25, 0.3) is 0 Å². The zero-order chi connectivity index (χ0) is 11.2. The first kappa shape index (κ1) is 13.3. The van der Waals surface area contributed by atoms with Crippen LogP contribution in [0.5, 0.6) is 0 Å². The van der Waals surface area contributed by atoms with E-state index in [1.807, 2.05) is 0 Å². The minimum atomic E-state index is -2.74. The van der Waals surface area contributed by atoms with Crippen LogP contribution in [0, 0.1) is 0 Å². The van der Waals surface area contributed by atoms with Crippen molar-refractivity contribution in [3.8, 4) is 0 Å². The first-order valence-electron chi connectivity index (χ1n) is 4.09. The molecule has 0 fully saturated rings. The molecule has 0 amide bonds. The van der Waals surface area contributed by atoms with E-state index in [9.17, 15) is 4.79 Å². The molecule has 0 saturated carbocycles. The standard InChI is InChI=1S/C8H16O5Si/c1-7(5-6-8(9)10)14(11-2,12-3)13-4/h5-7H,1-4H3,(H,9,10)/b6-5+. The molecule has 0 radical (unpaired) electrons. The van der Waals surface area contributed by atoms with E-state index in [0.717, 1.165) is 6.08 Å². The van der Waals surface area contributed by atoms with Gasteiger partial charge in [-0.1, -0.05) is 13.0 Å². The van der Waals surface area contributed by atoms with E-state index >= 15 is 0 Å². The number of carboxylic acids is 1. The van der Waals surface area contributed by atoms with E-state index in [-0.39, 0.29) is 5.54 Å². The van der Waals surface area contributed by atoms with E-state index in [0.29, 0.717) is 0 Å². The van der Waals surface area contributed by atoms with Crippen LogP contribution in [0.4, 0.5) is 0 Å². The lowest BCUT2D eigenvalue weighted by Crippen LogP contribution is -2.46. The van der Waals surface area contributed by atoms with Crippen LogP contribution in [-0.2, 0) is 18.1 Å². The van der Waals surface area contributed by atoms with Crippen LogP contribution in [0.15, 0.2) is 12.2 Å². The van der Waals surface area contributed by atoms with Crippen LogP contribution in [-0.4, -0.2) is 41.2 Å². The molecule has 0 aliphatic heterocycles. The average Bonchev–Trinajstić information content (AvgIpc) is 2.18. The van der Waals surface area contributed by atoms with Crippen molar-refractivity contribution >= 4 is 14.8 Å². The molecule has 0 aromatic heterocycles. The van der Waals surface area contributed by atoms with Gasteiger partial charge in [-0.25, -0.2) is 4.79 Å². The van der Waals surface area contributed by atoms with Gasteiger partial charge in [-0.3, -0.25) is 0 Å². The number of aliphatic carboxylic acids is 1. The van der Waals surface area contributed by atoms with Crippen molar-refractivity contribution in [2.24, 2.45) is 0 Å². The molecule has 82 valence electrons. The molecule has 0 aromatic carbocycles. The third-order valence-electron chi connectivity index (χ3n) is 1.94. The van der Waals surface area contributed by atoms with Crippen LogP contribution in [0.3, 0.4) is 0 Å². The Bertz CT molecular complexity index is 204. The number of carbonyl (C=O) groups is 1. The quantitative estimate of drug-likeness (QED) is 0.532. The third kappa shape index (κ3) is 3.22. The smallest absolute Gasteiger partial charge is 0.478 e. The van der Waals surface area contributed by atoms with Gasteiger partial charge in [0.1, 0.15) is 0 Å². The molecular weight excluding hydrogens is 204 g/mol. The van der Waals surface area contributed by atoms with Crippen molar-refractivity contribution in [1.82, 2.24) is 0 Å². The van der Waals surface area contributed by atoms with Gasteiger partial charge >= 0.3 is 14.8 Å². The van der Waals surface area contributed by atoms with E-state index in [1.54, 1.807) is 6.92 Å². The van der Waals surface area contributed by atoms with Gasteiger partial charge < -0.3 is 18.4 Å². The first-order chi connectivity index (χ1) is 6.52. The van der Waals surface area contributed by atoms with Crippen LogP contribution in [0.1, 0.15) is 6.92 Å². The molecule has 0 bridgehead atoms. The molecular formula is C8H16O5Si. The largest absolute Gasteiger partial charge is 0.507 e. The van der Waals surface area contributed by atoms with Gasteiger partial charge in [0.2, 0.25) is 0 Å². The van der Waals surface area contributed by atoms with Crippen molar-refractivity contribution < 1.29 is 23.2 Å². The molecule has 0 heterocycles. The van der Waals surface area contributed by atoms with Crippen LogP contribution >= 0.6 is 0 Å². The van der Waals surface area contributed by atoms with Crippen molar-refractivity contribution in [2.45, 2.75) is 12.5 Å². The maximum atomic E-state index is 10.3. The molecule has 0 saturated heterocycles. The van der Waals surface area contributed by atoms with Crippen LogP contribution in [0.2, 0.25) is 5.54 Å². The summed E-state index contributed by atoms with van der Waals surface area (Å²) in [6, 6.07) is 0. The summed E-state index contributed by atoms with van der Waals surface area (Å²) in [5.74, 6) is -0.997. The molecule has 0 aliphatic carbocycles. The van der Waals surface area contributed by atoms with E-state index in [1.165, 1.54) is 27.4 Å². The lowest BCUT2D eigenvalue weighted by Gasteiger charge is -2.28. The topological polar surface area (TPSA) is 65.0 Å². The van der Waals surface area contributed by atoms with Crippen LogP contribution < -0.4 is 0 Å². The summed E-state index contributed by atoms with van der Waals surface area (Å²) in [4.78, 5) is 10.3. The predicted molar refractivity (Wildman–Crippen MR) is 53.0 cm³/mol. The summed E-state index contributed by atoms with van der Waals surface area (Å²) in [6.45, 7) is 1.79. The Morgan fingerprint density at radius 1 is 1.29 bits per heavy atom. The molecule has 6 heteroatoms. The number of allylic oxidation sites excluding steroid dienone is 1. The second-order valence-corrected chi connectivity index (χ2v) is 6.04. The van der Waals surface area contributed by atoms with E-state index in [4.69, 9.17) is 18.4 Å². The van der Waals surface area contributed by atoms with E-state index < -0.39 is 14.8 Å². The second kappa shape index (κ2) is 5.92. The highest BCUT2D eigenvalue weighted by molar-refractivity contribution is 6.62. The fourth-order valence-electron chi connectivity index (χ4n) is 1.15. The molecule has 0 rings (SSSR count). The van der Waals surface area contributed by atoms with Gasteiger partial charge in [0, 0.05) is 32.9 Å². The Morgan fingerprint density at radius 2 is 1.71 bits per heavy atom. The summed E-state index contributed by atoms with van der Waals surface area (Å²) in [6.07, 6.45) is 2.56. The maximum Gasteiger partial charge on any atom is 0.507 e. The number of hydrogen-bond acceptors (Lipinski definition) is 4. The number of hydrogen-bond donors (Lipinski definition) is 1. The lowest BCUT2D eigenvalue weighted by atomic mass is 10.4. The molecule has 0 aliphatic rings. The molecule has 0 aromatic rings. The fraction of sp³-hybridized carbons (Fsp3) is 0.625. The Kier molecular flexibility index (Phi) is 5.62. The van der Waals surface area contributed by atoms with Gasteiger partial charge in [-0.15, -0.1) is 0 Å². The molecule has 14 heavy (non-hydrogen) atoms. The molecule has 1 atom stereocenters. The summed E-state index contributed by atoms with van der Waals surface area (Å²) < 4.78 is 15.5. The Hall–Kier alpha value is -0.693. The minimum Gasteiger partial charge on any atom is -0.478 e. The highest BCUT2D eigenvalue weighted by atomic mass is 28.4. The summed E-state index contributed by atoms with van der Waals surface area (Å²) in [7, 11) is 1.73. The van der Waals surface area contributed by atoms with Gasteiger partial charge in [0.05, 0.1) is 0 Å². The number of rotatable bonds is 6. The fourth-order valence-corrected chi connectivity index (χ4v) is 3.10. The second-order valence-electron chi connectivity index (χ2n) is 2.70.